The van der Waals surface area contributed by atoms with Crippen LogP contribution < -0.4 is 0 Å². The normalized spacial score (nSPS) is 18.5. The summed E-state index contributed by atoms with van der Waals surface area (Å²) in [6.07, 6.45) is 3.57. The summed E-state index contributed by atoms with van der Waals surface area (Å²) >= 11 is 0. The van der Waals surface area contributed by atoms with Crippen molar-refractivity contribution in [2.75, 3.05) is 27.2 Å². The van der Waals surface area contributed by atoms with E-state index in [2.05, 4.69) is 4.90 Å². The van der Waals surface area contributed by atoms with Crippen LogP contribution >= 0.6 is 0 Å². The van der Waals surface area contributed by atoms with E-state index in [1.54, 1.807) is 12.1 Å². The Bertz CT molecular complexity index is 528. The number of piperidine rings is 1. The molecule has 1 amide bonds. The molecule has 1 aliphatic heterocycles. The molecule has 0 bridgehead atoms. The average molecular weight is 305 g/mol. The number of carbonyl (C=O) groups is 1. The predicted molar refractivity (Wildman–Crippen MR) is 84.7 cm³/mol. The van der Waals surface area contributed by atoms with Gasteiger partial charge in [-0.05, 0) is 38.9 Å². The van der Waals surface area contributed by atoms with E-state index in [1.165, 1.54) is 18.6 Å². The molecule has 0 unspecified atom stereocenters. The Morgan fingerprint density at radius 1 is 1.32 bits per heavy atom. The van der Waals surface area contributed by atoms with Crippen molar-refractivity contribution in [3.05, 3.63) is 39.9 Å². The molecule has 1 saturated heterocycles. The lowest BCUT2D eigenvalue weighted by atomic mass is 10.0. The third-order valence-corrected chi connectivity index (χ3v) is 4.03. The first-order valence-corrected chi connectivity index (χ1v) is 7.65. The number of likely N-dealkylation sites (tertiary alicyclic amines) is 1. The summed E-state index contributed by atoms with van der Waals surface area (Å²) in [5.74, 6) is 0.111. The van der Waals surface area contributed by atoms with Gasteiger partial charge in [-0.2, -0.15) is 0 Å². The molecule has 2 rings (SSSR count). The molecule has 1 fully saturated rings. The van der Waals surface area contributed by atoms with Crippen molar-refractivity contribution < 1.29 is 9.72 Å². The molecule has 0 N–H and O–H groups in total. The van der Waals surface area contributed by atoms with E-state index in [-0.39, 0.29) is 17.6 Å². The molecule has 0 radical (unpaired) electrons. The van der Waals surface area contributed by atoms with E-state index in [1.807, 2.05) is 19.0 Å². The molecule has 1 aromatic carbocycles. The number of likely N-dealkylation sites (N-methyl/N-ethyl adjacent to an activating group) is 1. The molecule has 1 aromatic rings. The van der Waals surface area contributed by atoms with Gasteiger partial charge in [0.05, 0.1) is 11.3 Å². The summed E-state index contributed by atoms with van der Waals surface area (Å²) in [7, 11) is 4.04. The van der Waals surface area contributed by atoms with Gasteiger partial charge in [0.2, 0.25) is 5.91 Å². The molecule has 1 atom stereocenters. The maximum absolute atomic E-state index is 12.6. The van der Waals surface area contributed by atoms with Crippen LogP contribution in [-0.4, -0.2) is 53.9 Å². The number of hydrogen-bond donors (Lipinski definition) is 0. The van der Waals surface area contributed by atoms with Crippen LogP contribution in [0.25, 0.3) is 0 Å². The second-order valence-corrected chi connectivity index (χ2v) is 6.10. The summed E-state index contributed by atoms with van der Waals surface area (Å²) in [4.78, 5) is 26.9. The van der Waals surface area contributed by atoms with Gasteiger partial charge in [-0.25, -0.2) is 0 Å². The molecule has 120 valence electrons. The minimum Gasteiger partial charge on any atom is -0.338 e. The highest BCUT2D eigenvalue weighted by Crippen LogP contribution is 2.20. The summed E-state index contributed by atoms with van der Waals surface area (Å²) < 4.78 is 0. The number of nitrogens with zero attached hydrogens (tertiary/aromatic N) is 3. The average Bonchev–Trinajstić information content (AvgIpc) is 2.47. The summed E-state index contributed by atoms with van der Waals surface area (Å²) in [6.45, 7) is 1.69. The van der Waals surface area contributed by atoms with Crippen molar-refractivity contribution in [2.45, 2.75) is 31.7 Å². The molecule has 0 spiro atoms. The highest BCUT2D eigenvalue weighted by molar-refractivity contribution is 5.79. The Balaban J connectivity index is 2.01. The van der Waals surface area contributed by atoms with Crippen LogP contribution in [0.4, 0.5) is 5.69 Å². The Morgan fingerprint density at radius 2 is 2.00 bits per heavy atom. The molecule has 1 aliphatic rings. The fourth-order valence-corrected chi connectivity index (χ4v) is 2.95. The number of carbonyl (C=O) groups excluding carboxylic acids is 1. The number of nitro benzene ring substituents is 1. The van der Waals surface area contributed by atoms with Gasteiger partial charge in [0, 0.05) is 31.3 Å². The van der Waals surface area contributed by atoms with E-state index in [0.29, 0.717) is 6.42 Å². The van der Waals surface area contributed by atoms with E-state index in [9.17, 15) is 14.9 Å². The molecule has 6 heteroatoms. The van der Waals surface area contributed by atoms with Gasteiger partial charge in [0.15, 0.2) is 0 Å². The van der Waals surface area contributed by atoms with Gasteiger partial charge in [-0.1, -0.05) is 12.1 Å². The van der Waals surface area contributed by atoms with Gasteiger partial charge in [0.1, 0.15) is 0 Å². The Kier molecular flexibility index (Phi) is 5.49. The van der Waals surface area contributed by atoms with Gasteiger partial charge in [-0.3, -0.25) is 14.9 Å². The quantitative estimate of drug-likeness (QED) is 0.617. The maximum atomic E-state index is 12.6. The molecule has 1 heterocycles. The summed E-state index contributed by atoms with van der Waals surface area (Å²) in [5.41, 5.74) is 0.879. The fraction of sp³-hybridized carbons (Fsp3) is 0.562. The topological polar surface area (TPSA) is 66.7 Å². The lowest BCUT2D eigenvalue weighted by Crippen LogP contribution is -2.48. The largest absolute Gasteiger partial charge is 0.338 e. The second kappa shape index (κ2) is 7.35. The Labute approximate surface area is 130 Å². The van der Waals surface area contributed by atoms with E-state index >= 15 is 0 Å². The molecule has 0 aromatic heterocycles. The monoisotopic (exact) mass is 305 g/mol. The third-order valence-electron chi connectivity index (χ3n) is 4.03. The van der Waals surface area contributed by atoms with E-state index < -0.39 is 4.92 Å². The zero-order valence-electron chi connectivity index (χ0n) is 13.2. The van der Waals surface area contributed by atoms with Gasteiger partial charge in [-0.15, -0.1) is 0 Å². The molecule has 6 nitrogen and oxygen atoms in total. The first kappa shape index (κ1) is 16.4. The van der Waals surface area contributed by atoms with Crippen molar-refractivity contribution in [3.8, 4) is 0 Å². The van der Waals surface area contributed by atoms with E-state index in [4.69, 9.17) is 0 Å². The first-order chi connectivity index (χ1) is 10.5. The Morgan fingerprint density at radius 3 is 2.59 bits per heavy atom. The van der Waals surface area contributed by atoms with Crippen LogP contribution in [0.2, 0.25) is 0 Å². The number of benzene rings is 1. The highest BCUT2D eigenvalue weighted by Gasteiger charge is 2.26. The van der Waals surface area contributed by atoms with Crippen molar-refractivity contribution in [3.63, 3.8) is 0 Å². The fourth-order valence-electron chi connectivity index (χ4n) is 2.95. The molecule has 0 saturated carbocycles. The summed E-state index contributed by atoms with van der Waals surface area (Å²) in [6, 6.07) is 6.52. The van der Waals surface area contributed by atoms with Crippen LogP contribution in [0.15, 0.2) is 24.3 Å². The van der Waals surface area contributed by atoms with Crippen molar-refractivity contribution in [1.29, 1.82) is 0 Å². The lowest BCUT2D eigenvalue weighted by molar-refractivity contribution is -0.384. The number of hydrogen-bond acceptors (Lipinski definition) is 4. The number of nitro groups is 1. The van der Waals surface area contributed by atoms with Crippen molar-refractivity contribution in [2.24, 2.45) is 0 Å². The van der Waals surface area contributed by atoms with Crippen molar-refractivity contribution >= 4 is 11.6 Å². The molecular weight excluding hydrogens is 282 g/mol. The number of amides is 1. The van der Waals surface area contributed by atoms with Crippen LogP contribution in [0, 0.1) is 10.1 Å². The molecule has 22 heavy (non-hydrogen) atoms. The van der Waals surface area contributed by atoms with Crippen LogP contribution in [-0.2, 0) is 11.2 Å². The minimum atomic E-state index is -0.427. The highest BCUT2D eigenvalue weighted by atomic mass is 16.6. The van der Waals surface area contributed by atoms with Gasteiger partial charge in [0.25, 0.3) is 5.69 Å². The zero-order valence-corrected chi connectivity index (χ0v) is 13.2. The zero-order chi connectivity index (χ0) is 16.1. The minimum absolute atomic E-state index is 0.0552. The second-order valence-electron chi connectivity index (χ2n) is 6.10. The van der Waals surface area contributed by atoms with E-state index in [0.717, 1.165) is 31.5 Å². The van der Waals surface area contributed by atoms with Gasteiger partial charge < -0.3 is 9.80 Å². The number of rotatable bonds is 5. The third kappa shape index (κ3) is 4.27. The maximum Gasteiger partial charge on any atom is 0.269 e. The van der Waals surface area contributed by atoms with Crippen LogP contribution in [0.3, 0.4) is 0 Å². The smallest absolute Gasteiger partial charge is 0.269 e. The SMILES string of the molecule is CN(C)C[C@H]1CCCCN1C(=O)Cc1ccc([N+](=O)[O-])cc1. The Hall–Kier alpha value is -1.95. The standard InChI is InChI=1S/C16H23N3O3/c1-17(2)12-15-5-3-4-10-18(15)16(20)11-13-6-8-14(9-7-13)19(21)22/h6-9,15H,3-5,10-12H2,1-2H3/t15-/m1/s1. The lowest BCUT2D eigenvalue weighted by Gasteiger charge is -2.37. The van der Waals surface area contributed by atoms with Crippen LogP contribution in [0.5, 0.6) is 0 Å². The first-order valence-electron chi connectivity index (χ1n) is 7.65. The van der Waals surface area contributed by atoms with Crippen molar-refractivity contribution in [1.82, 2.24) is 9.80 Å². The molecular formula is C16H23N3O3. The predicted octanol–water partition coefficient (Wildman–Crippen LogP) is 2.08. The molecule has 0 aliphatic carbocycles. The number of non-ortho nitro benzene ring substituents is 1. The van der Waals surface area contributed by atoms with Gasteiger partial charge >= 0.3 is 0 Å². The summed E-state index contributed by atoms with van der Waals surface area (Å²) in [5, 5.41) is 10.7. The van der Waals surface area contributed by atoms with Crippen LogP contribution in [0.1, 0.15) is 24.8 Å².